The smallest absolute Gasteiger partial charge is 0.191 e. The van der Waals surface area contributed by atoms with Crippen molar-refractivity contribution in [1.29, 1.82) is 0 Å². The van der Waals surface area contributed by atoms with E-state index in [1.807, 2.05) is 0 Å². The highest BCUT2D eigenvalue weighted by atomic mass is 127. The fraction of sp³-hybridized carbons (Fsp3) is 0.950. The third kappa shape index (κ3) is 8.74. The fourth-order valence-electron chi connectivity index (χ4n) is 4.04. The Kier molecular flexibility index (Phi) is 12.9. The molecule has 1 saturated heterocycles. The van der Waals surface area contributed by atoms with E-state index < -0.39 is 0 Å². The first kappa shape index (κ1) is 24.0. The van der Waals surface area contributed by atoms with E-state index in [0.717, 1.165) is 31.6 Å². The summed E-state index contributed by atoms with van der Waals surface area (Å²) in [5.41, 5.74) is 0. The largest absolute Gasteiger partial charge is 0.357 e. The molecule has 0 amide bonds. The van der Waals surface area contributed by atoms with Gasteiger partial charge in [-0.25, -0.2) is 0 Å². The summed E-state index contributed by atoms with van der Waals surface area (Å²) >= 11 is 0. The minimum Gasteiger partial charge on any atom is -0.357 e. The summed E-state index contributed by atoms with van der Waals surface area (Å²) in [6.07, 6.45) is 10.6. The Balaban J connectivity index is 0.00000338. The van der Waals surface area contributed by atoms with Gasteiger partial charge in [0, 0.05) is 38.3 Å². The molecule has 1 aliphatic carbocycles. The Morgan fingerprint density at radius 1 is 1.12 bits per heavy atom. The van der Waals surface area contributed by atoms with Crippen molar-refractivity contribution in [3.8, 4) is 0 Å². The number of unbranched alkanes of at least 4 members (excludes halogenated alkanes) is 1. The van der Waals surface area contributed by atoms with E-state index in [-0.39, 0.29) is 24.0 Å². The van der Waals surface area contributed by atoms with Crippen molar-refractivity contribution in [3.05, 3.63) is 0 Å². The zero-order chi connectivity index (χ0) is 17.9. The maximum absolute atomic E-state index is 4.83. The molecule has 0 unspecified atom stereocenters. The topological polar surface area (TPSA) is 42.9 Å². The number of hydrogen-bond acceptors (Lipinski definition) is 3. The van der Waals surface area contributed by atoms with Gasteiger partial charge in [-0.15, -0.1) is 24.0 Å². The monoisotopic (exact) mass is 479 g/mol. The quantitative estimate of drug-likeness (QED) is 0.303. The first-order valence-corrected chi connectivity index (χ1v) is 10.7. The molecule has 2 aliphatic rings. The highest BCUT2D eigenvalue weighted by molar-refractivity contribution is 14.0. The van der Waals surface area contributed by atoms with Crippen LogP contribution >= 0.6 is 24.0 Å². The Hall–Kier alpha value is -0.0800. The van der Waals surface area contributed by atoms with Gasteiger partial charge in [0.15, 0.2) is 5.96 Å². The number of rotatable bonds is 9. The number of nitrogens with zero attached hydrogens (tertiary/aromatic N) is 3. The molecule has 0 aromatic heterocycles. The second-order valence-corrected chi connectivity index (χ2v) is 7.79. The molecular formula is C20H42IN5. The van der Waals surface area contributed by atoms with E-state index >= 15 is 0 Å². The number of nitrogens with one attached hydrogen (secondary N) is 2. The average Bonchev–Trinajstić information content (AvgIpc) is 3.16. The zero-order valence-corrected chi connectivity index (χ0v) is 19.6. The molecule has 6 heteroatoms. The van der Waals surface area contributed by atoms with Crippen molar-refractivity contribution in [2.45, 2.75) is 77.3 Å². The predicted octanol–water partition coefficient (Wildman–Crippen LogP) is 3.30. The minimum atomic E-state index is 0. The van der Waals surface area contributed by atoms with Crippen LogP contribution in [0.5, 0.6) is 0 Å². The van der Waals surface area contributed by atoms with Crippen molar-refractivity contribution in [1.82, 2.24) is 20.4 Å². The molecule has 1 saturated carbocycles. The molecule has 2 fully saturated rings. The molecular weight excluding hydrogens is 437 g/mol. The van der Waals surface area contributed by atoms with Gasteiger partial charge in [0.25, 0.3) is 0 Å². The predicted molar refractivity (Wildman–Crippen MR) is 124 cm³/mol. The second-order valence-electron chi connectivity index (χ2n) is 7.79. The number of guanidine groups is 1. The summed E-state index contributed by atoms with van der Waals surface area (Å²) in [7, 11) is 2.26. The SMILES string of the molecule is CCCCN1CCC(NC(=NCCN(C)C2CCCC2)NCC)CC1.I. The maximum Gasteiger partial charge on any atom is 0.191 e. The van der Waals surface area contributed by atoms with Gasteiger partial charge < -0.3 is 20.4 Å². The lowest BCUT2D eigenvalue weighted by Crippen LogP contribution is -2.49. The van der Waals surface area contributed by atoms with Crippen LogP contribution in [-0.2, 0) is 0 Å². The molecule has 2 rings (SSSR count). The van der Waals surface area contributed by atoms with Gasteiger partial charge in [-0.05, 0) is 52.6 Å². The third-order valence-corrected chi connectivity index (χ3v) is 5.77. The fourth-order valence-corrected chi connectivity index (χ4v) is 4.04. The standard InChI is InChI=1S/C20H41N5.HI/c1-4-6-14-25-15-11-18(12-16-25)23-20(21-5-2)22-13-17-24(3)19-9-7-8-10-19;/h18-19H,4-17H2,1-3H3,(H2,21,22,23);1H. The lowest BCUT2D eigenvalue weighted by Gasteiger charge is -2.33. The highest BCUT2D eigenvalue weighted by Gasteiger charge is 2.20. The van der Waals surface area contributed by atoms with E-state index in [2.05, 4.69) is 41.3 Å². The van der Waals surface area contributed by atoms with Gasteiger partial charge in [0.1, 0.15) is 0 Å². The lowest BCUT2D eigenvalue weighted by atomic mass is 10.0. The summed E-state index contributed by atoms with van der Waals surface area (Å²) in [6.45, 7) is 11.0. The lowest BCUT2D eigenvalue weighted by molar-refractivity contribution is 0.203. The van der Waals surface area contributed by atoms with E-state index in [1.54, 1.807) is 0 Å². The van der Waals surface area contributed by atoms with Crippen molar-refractivity contribution in [3.63, 3.8) is 0 Å². The van der Waals surface area contributed by atoms with Crippen LogP contribution in [-0.4, -0.2) is 74.2 Å². The number of likely N-dealkylation sites (tertiary alicyclic amines) is 1. The normalized spacial score (nSPS) is 20.4. The first-order chi connectivity index (χ1) is 12.2. The van der Waals surface area contributed by atoms with Crippen LogP contribution in [0.25, 0.3) is 0 Å². The zero-order valence-electron chi connectivity index (χ0n) is 17.3. The van der Waals surface area contributed by atoms with E-state index in [9.17, 15) is 0 Å². The van der Waals surface area contributed by atoms with Gasteiger partial charge in [-0.3, -0.25) is 4.99 Å². The highest BCUT2D eigenvalue weighted by Crippen LogP contribution is 2.21. The van der Waals surface area contributed by atoms with Crippen LogP contribution in [0.2, 0.25) is 0 Å². The van der Waals surface area contributed by atoms with E-state index in [1.165, 1.54) is 71.0 Å². The number of likely N-dealkylation sites (N-methyl/N-ethyl adjacent to an activating group) is 1. The van der Waals surface area contributed by atoms with Gasteiger partial charge >= 0.3 is 0 Å². The Labute approximate surface area is 178 Å². The van der Waals surface area contributed by atoms with Crippen LogP contribution in [0.15, 0.2) is 4.99 Å². The third-order valence-electron chi connectivity index (χ3n) is 5.77. The average molecular weight is 479 g/mol. The minimum absolute atomic E-state index is 0. The summed E-state index contributed by atoms with van der Waals surface area (Å²) in [5, 5.41) is 7.10. The van der Waals surface area contributed by atoms with Crippen LogP contribution in [0.4, 0.5) is 0 Å². The molecule has 1 aliphatic heterocycles. The Morgan fingerprint density at radius 3 is 2.42 bits per heavy atom. The summed E-state index contributed by atoms with van der Waals surface area (Å²) in [6, 6.07) is 1.36. The maximum atomic E-state index is 4.83. The molecule has 2 N–H and O–H groups in total. The Bertz CT molecular complexity index is 376. The first-order valence-electron chi connectivity index (χ1n) is 10.7. The van der Waals surface area contributed by atoms with Crippen molar-refractivity contribution >= 4 is 29.9 Å². The molecule has 154 valence electrons. The molecule has 0 aromatic carbocycles. The number of hydrogen-bond donors (Lipinski definition) is 2. The van der Waals surface area contributed by atoms with Gasteiger partial charge in [-0.2, -0.15) is 0 Å². The van der Waals surface area contributed by atoms with Gasteiger partial charge in [0.2, 0.25) is 0 Å². The molecule has 0 bridgehead atoms. The van der Waals surface area contributed by atoms with Gasteiger partial charge in [0.05, 0.1) is 6.54 Å². The van der Waals surface area contributed by atoms with Gasteiger partial charge in [-0.1, -0.05) is 26.2 Å². The molecule has 0 radical (unpaired) electrons. The molecule has 0 aromatic rings. The molecule has 1 heterocycles. The second kappa shape index (κ2) is 14.0. The summed E-state index contributed by atoms with van der Waals surface area (Å²) in [5.74, 6) is 1.01. The summed E-state index contributed by atoms with van der Waals surface area (Å²) < 4.78 is 0. The molecule has 0 atom stereocenters. The van der Waals surface area contributed by atoms with Crippen LogP contribution in [0, 0.1) is 0 Å². The Morgan fingerprint density at radius 2 is 1.81 bits per heavy atom. The van der Waals surface area contributed by atoms with Crippen molar-refractivity contribution < 1.29 is 0 Å². The molecule has 26 heavy (non-hydrogen) atoms. The number of halogens is 1. The molecule has 0 spiro atoms. The number of aliphatic imine (C=N–C) groups is 1. The van der Waals surface area contributed by atoms with Crippen LogP contribution in [0.1, 0.15) is 65.2 Å². The van der Waals surface area contributed by atoms with Crippen molar-refractivity contribution in [2.24, 2.45) is 4.99 Å². The molecule has 5 nitrogen and oxygen atoms in total. The summed E-state index contributed by atoms with van der Waals surface area (Å²) in [4.78, 5) is 9.95. The number of piperidine rings is 1. The van der Waals surface area contributed by atoms with Crippen LogP contribution < -0.4 is 10.6 Å². The van der Waals surface area contributed by atoms with E-state index in [4.69, 9.17) is 4.99 Å². The van der Waals surface area contributed by atoms with E-state index in [0.29, 0.717) is 6.04 Å². The van der Waals surface area contributed by atoms with Crippen molar-refractivity contribution in [2.75, 3.05) is 46.3 Å². The van der Waals surface area contributed by atoms with Crippen LogP contribution in [0.3, 0.4) is 0 Å².